The zero-order valence-electron chi connectivity index (χ0n) is 12.4. The van der Waals surface area contributed by atoms with E-state index in [9.17, 15) is 9.18 Å². The number of rotatable bonds is 7. The number of halogens is 3. The van der Waals surface area contributed by atoms with Crippen molar-refractivity contribution >= 4 is 34.8 Å². The van der Waals surface area contributed by atoms with E-state index < -0.39 is 5.82 Å². The highest BCUT2D eigenvalue weighted by Gasteiger charge is 2.05. The molecule has 0 aliphatic heterocycles. The zero-order valence-corrected chi connectivity index (χ0v) is 13.9. The SMILES string of the molecule is O=C(CCNCCc1cccc(Cl)c1)Nc1ccc(F)c(Cl)c1. The Labute approximate surface area is 144 Å². The van der Waals surface area contributed by atoms with Crippen LogP contribution in [0.1, 0.15) is 12.0 Å². The van der Waals surface area contributed by atoms with Crippen molar-refractivity contribution in [1.82, 2.24) is 5.32 Å². The summed E-state index contributed by atoms with van der Waals surface area (Å²) in [6, 6.07) is 11.8. The molecule has 1 amide bonds. The second-order valence-electron chi connectivity index (χ2n) is 5.06. The minimum atomic E-state index is -0.507. The smallest absolute Gasteiger partial charge is 0.225 e. The average Bonchev–Trinajstić information content (AvgIpc) is 2.51. The summed E-state index contributed by atoms with van der Waals surface area (Å²) in [6.45, 7) is 1.32. The highest BCUT2D eigenvalue weighted by molar-refractivity contribution is 6.31. The van der Waals surface area contributed by atoms with Gasteiger partial charge in [-0.25, -0.2) is 4.39 Å². The molecule has 2 rings (SSSR count). The fourth-order valence-electron chi connectivity index (χ4n) is 2.05. The highest BCUT2D eigenvalue weighted by atomic mass is 35.5. The number of amides is 1. The molecular weight excluding hydrogens is 338 g/mol. The lowest BCUT2D eigenvalue weighted by Crippen LogP contribution is -2.23. The van der Waals surface area contributed by atoms with Crippen LogP contribution in [0.4, 0.5) is 10.1 Å². The molecule has 2 aromatic rings. The largest absolute Gasteiger partial charge is 0.326 e. The van der Waals surface area contributed by atoms with E-state index in [2.05, 4.69) is 10.6 Å². The fourth-order valence-corrected chi connectivity index (χ4v) is 2.44. The maximum atomic E-state index is 13.0. The molecule has 23 heavy (non-hydrogen) atoms. The van der Waals surface area contributed by atoms with Crippen LogP contribution in [0.2, 0.25) is 10.0 Å². The zero-order chi connectivity index (χ0) is 16.7. The maximum absolute atomic E-state index is 13.0. The molecule has 0 aliphatic rings. The summed E-state index contributed by atoms with van der Waals surface area (Å²) < 4.78 is 13.0. The molecule has 0 bridgehead atoms. The molecule has 0 heterocycles. The van der Waals surface area contributed by atoms with Crippen molar-refractivity contribution in [2.75, 3.05) is 18.4 Å². The Balaban J connectivity index is 1.65. The van der Waals surface area contributed by atoms with Gasteiger partial charge in [0.05, 0.1) is 5.02 Å². The molecule has 2 aromatic carbocycles. The van der Waals surface area contributed by atoms with Crippen LogP contribution in [-0.4, -0.2) is 19.0 Å². The van der Waals surface area contributed by atoms with E-state index in [4.69, 9.17) is 23.2 Å². The van der Waals surface area contributed by atoms with E-state index in [-0.39, 0.29) is 10.9 Å². The van der Waals surface area contributed by atoms with Crippen LogP contribution >= 0.6 is 23.2 Å². The fraction of sp³-hybridized carbons (Fsp3) is 0.235. The monoisotopic (exact) mass is 354 g/mol. The van der Waals surface area contributed by atoms with Crippen LogP contribution in [0, 0.1) is 5.82 Å². The Kier molecular flexibility index (Phi) is 6.84. The molecule has 0 saturated carbocycles. The van der Waals surface area contributed by atoms with Crippen molar-refractivity contribution in [3.63, 3.8) is 0 Å². The number of hydrogen-bond acceptors (Lipinski definition) is 2. The van der Waals surface area contributed by atoms with Crippen molar-refractivity contribution in [2.45, 2.75) is 12.8 Å². The van der Waals surface area contributed by atoms with Crippen molar-refractivity contribution in [1.29, 1.82) is 0 Å². The first-order valence-corrected chi connectivity index (χ1v) is 8.00. The Morgan fingerprint density at radius 1 is 1.09 bits per heavy atom. The van der Waals surface area contributed by atoms with Gasteiger partial charge in [-0.1, -0.05) is 35.3 Å². The lowest BCUT2D eigenvalue weighted by atomic mass is 10.1. The molecule has 0 radical (unpaired) electrons. The minimum absolute atomic E-state index is 0.0116. The van der Waals surface area contributed by atoms with Gasteiger partial charge in [-0.15, -0.1) is 0 Å². The normalized spacial score (nSPS) is 10.6. The van der Waals surface area contributed by atoms with Gasteiger partial charge in [0.1, 0.15) is 5.82 Å². The first-order chi connectivity index (χ1) is 11.0. The van der Waals surface area contributed by atoms with Crippen LogP contribution in [0.25, 0.3) is 0 Å². The topological polar surface area (TPSA) is 41.1 Å². The summed E-state index contributed by atoms with van der Waals surface area (Å²) in [5, 5.41) is 6.59. The Morgan fingerprint density at radius 3 is 2.65 bits per heavy atom. The molecule has 0 fully saturated rings. The van der Waals surface area contributed by atoms with E-state index >= 15 is 0 Å². The van der Waals surface area contributed by atoms with Gasteiger partial charge < -0.3 is 10.6 Å². The quantitative estimate of drug-likeness (QED) is 0.728. The van der Waals surface area contributed by atoms with Crippen LogP contribution in [0.3, 0.4) is 0 Å². The van der Waals surface area contributed by atoms with Gasteiger partial charge in [-0.3, -0.25) is 4.79 Å². The number of benzene rings is 2. The molecule has 0 atom stereocenters. The summed E-state index contributed by atoms with van der Waals surface area (Å²) in [7, 11) is 0. The van der Waals surface area contributed by atoms with Gasteiger partial charge in [-0.2, -0.15) is 0 Å². The van der Waals surface area contributed by atoms with Gasteiger partial charge in [-0.05, 0) is 48.9 Å². The first-order valence-electron chi connectivity index (χ1n) is 7.24. The second-order valence-corrected chi connectivity index (χ2v) is 5.90. The molecule has 0 aliphatic carbocycles. The number of hydrogen-bond donors (Lipinski definition) is 2. The van der Waals surface area contributed by atoms with Crippen LogP contribution in [0.5, 0.6) is 0 Å². The second kappa shape index (κ2) is 8.87. The van der Waals surface area contributed by atoms with Gasteiger partial charge in [0.15, 0.2) is 0 Å². The summed E-state index contributed by atoms with van der Waals surface area (Å²) in [4.78, 5) is 11.8. The lowest BCUT2D eigenvalue weighted by Gasteiger charge is -2.07. The minimum Gasteiger partial charge on any atom is -0.326 e. The number of anilines is 1. The van der Waals surface area contributed by atoms with E-state index in [0.29, 0.717) is 18.7 Å². The molecule has 0 spiro atoms. The third-order valence-electron chi connectivity index (χ3n) is 3.21. The highest BCUT2D eigenvalue weighted by Crippen LogP contribution is 2.19. The van der Waals surface area contributed by atoms with Crippen LogP contribution in [-0.2, 0) is 11.2 Å². The molecule has 3 nitrogen and oxygen atoms in total. The summed E-state index contributed by atoms with van der Waals surface area (Å²) in [5.74, 6) is -0.657. The van der Waals surface area contributed by atoms with Crippen molar-refractivity contribution in [3.05, 3.63) is 63.9 Å². The van der Waals surface area contributed by atoms with Crippen molar-refractivity contribution in [2.24, 2.45) is 0 Å². The first kappa shape index (κ1) is 17.7. The molecule has 0 unspecified atom stereocenters. The molecule has 122 valence electrons. The van der Waals surface area contributed by atoms with E-state index in [0.717, 1.165) is 23.6 Å². The molecule has 0 aromatic heterocycles. The van der Waals surface area contributed by atoms with E-state index in [1.165, 1.54) is 18.2 Å². The Hall–Kier alpha value is -1.62. The maximum Gasteiger partial charge on any atom is 0.225 e. The van der Waals surface area contributed by atoms with Crippen LogP contribution < -0.4 is 10.6 Å². The summed E-state index contributed by atoms with van der Waals surface area (Å²) in [6.07, 6.45) is 1.17. The van der Waals surface area contributed by atoms with E-state index in [1.807, 2.05) is 24.3 Å². The standard InChI is InChI=1S/C17H17Cl2FN2O/c18-13-3-1-2-12(10-13)6-8-21-9-7-17(23)22-14-4-5-16(20)15(19)11-14/h1-5,10-11,21H,6-9H2,(H,22,23). The number of nitrogens with one attached hydrogen (secondary N) is 2. The third kappa shape index (κ3) is 6.18. The number of carbonyl (C=O) groups is 1. The number of carbonyl (C=O) groups excluding carboxylic acids is 1. The Bertz CT molecular complexity index is 679. The summed E-state index contributed by atoms with van der Waals surface area (Å²) >= 11 is 11.6. The average molecular weight is 355 g/mol. The van der Waals surface area contributed by atoms with Gasteiger partial charge in [0.25, 0.3) is 0 Å². The van der Waals surface area contributed by atoms with Crippen molar-refractivity contribution in [3.8, 4) is 0 Å². The van der Waals surface area contributed by atoms with Gasteiger partial charge in [0, 0.05) is 23.7 Å². The van der Waals surface area contributed by atoms with E-state index in [1.54, 1.807) is 0 Å². The van der Waals surface area contributed by atoms with Crippen LogP contribution in [0.15, 0.2) is 42.5 Å². The van der Waals surface area contributed by atoms with Crippen molar-refractivity contribution < 1.29 is 9.18 Å². The molecule has 2 N–H and O–H groups in total. The van der Waals surface area contributed by atoms with Gasteiger partial charge >= 0.3 is 0 Å². The molecule has 0 saturated heterocycles. The predicted octanol–water partition coefficient (Wildman–Crippen LogP) is 4.29. The summed E-state index contributed by atoms with van der Waals surface area (Å²) in [5.41, 5.74) is 1.63. The molecular formula is C17H17Cl2FN2O. The molecule has 6 heteroatoms. The van der Waals surface area contributed by atoms with Gasteiger partial charge in [0.2, 0.25) is 5.91 Å². The Morgan fingerprint density at radius 2 is 1.91 bits per heavy atom. The third-order valence-corrected chi connectivity index (χ3v) is 3.74. The predicted molar refractivity (Wildman–Crippen MR) is 92.7 cm³/mol. The lowest BCUT2D eigenvalue weighted by molar-refractivity contribution is -0.116.